The van der Waals surface area contributed by atoms with Crippen LogP contribution in [0.2, 0.25) is 0 Å². The van der Waals surface area contributed by atoms with Crippen LogP contribution < -0.4 is 4.74 Å². The van der Waals surface area contributed by atoms with Crippen molar-refractivity contribution < 1.29 is 22.7 Å². The standard InChI is InChI=1S/C15H11F3O2/c16-15(17,18)20-13-8-6-12(7-9-13)14(19)10-11-4-2-1-3-5-11/h1-9H,10H2. The van der Waals surface area contributed by atoms with Gasteiger partial charge in [0, 0.05) is 12.0 Å². The first kappa shape index (κ1) is 14.1. The maximum atomic E-state index is 12.0. The molecule has 2 aromatic carbocycles. The lowest BCUT2D eigenvalue weighted by atomic mass is 10.0. The van der Waals surface area contributed by atoms with E-state index in [9.17, 15) is 18.0 Å². The fourth-order valence-electron chi connectivity index (χ4n) is 1.73. The van der Waals surface area contributed by atoms with Crippen molar-refractivity contribution in [2.24, 2.45) is 0 Å². The van der Waals surface area contributed by atoms with Crippen LogP contribution in [-0.4, -0.2) is 12.1 Å². The molecule has 2 rings (SSSR count). The number of ketones is 1. The molecule has 0 radical (unpaired) electrons. The summed E-state index contributed by atoms with van der Waals surface area (Å²) < 4.78 is 39.7. The Kier molecular flexibility index (Phi) is 4.08. The van der Waals surface area contributed by atoms with E-state index in [-0.39, 0.29) is 18.0 Å². The quantitative estimate of drug-likeness (QED) is 0.791. The smallest absolute Gasteiger partial charge is 0.406 e. The molecule has 0 unspecified atom stereocenters. The number of hydrogen-bond acceptors (Lipinski definition) is 2. The molecule has 104 valence electrons. The molecule has 0 spiro atoms. The number of ether oxygens (including phenoxy) is 1. The van der Waals surface area contributed by atoms with E-state index in [1.54, 1.807) is 0 Å². The first-order valence-electron chi connectivity index (χ1n) is 5.87. The maximum Gasteiger partial charge on any atom is 0.573 e. The molecule has 0 N–H and O–H groups in total. The second-order valence-electron chi connectivity index (χ2n) is 4.16. The number of rotatable bonds is 4. The van der Waals surface area contributed by atoms with Crippen molar-refractivity contribution >= 4 is 5.78 Å². The van der Waals surface area contributed by atoms with E-state index in [0.717, 1.165) is 17.7 Å². The summed E-state index contributed by atoms with van der Waals surface area (Å²) in [5.74, 6) is -0.497. The van der Waals surface area contributed by atoms with E-state index < -0.39 is 6.36 Å². The third-order valence-corrected chi connectivity index (χ3v) is 2.62. The fraction of sp³-hybridized carbons (Fsp3) is 0.133. The highest BCUT2D eigenvalue weighted by molar-refractivity contribution is 5.97. The van der Waals surface area contributed by atoms with Crippen LogP contribution in [0.4, 0.5) is 13.2 Å². The summed E-state index contributed by atoms with van der Waals surface area (Å²) in [7, 11) is 0. The van der Waals surface area contributed by atoms with Crippen LogP contribution in [0.1, 0.15) is 15.9 Å². The lowest BCUT2D eigenvalue weighted by molar-refractivity contribution is -0.274. The molecule has 0 aliphatic rings. The summed E-state index contributed by atoms with van der Waals surface area (Å²) in [6, 6.07) is 14.0. The monoisotopic (exact) mass is 280 g/mol. The minimum atomic E-state index is -4.73. The highest BCUT2D eigenvalue weighted by Gasteiger charge is 2.31. The molecule has 0 amide bonds. The number of benzene rings is 2. The Hall–Kier alpha value is -2.30. The Bertz CT molecular complexity index is 574. The maximum absolute atomic E-state index is 12.0. The van der Waals surface area contributed by atoms with E-state index in [0.29, 0.717) is 5.56 Å². The molecule has 0 heterocycles. The summed E-state index contributed by atoms with van der Waals surface area (Å²) in [5, 5.41) is 0. The molecule has 0 atom stereocenters. The number of Topliss-reactive ketones (excluding diaryl/α,β-unsaturated/α-hetero) is 1. The zero-order valence-corrected chi connectivity index (χ0v) is 10.4. The minimum absolute atomic E-state index is 0.158. The fourth-order valence-corrected chi connectivity index (χ4v) is 1.73. The van der Waals surface area contributed by atoms with Crippen LogP contribution in [0.25, 0.3) is 0 Å². The molecule has 20 heavy (non-hydrogen) atoms. The lowest BCUT2D eigenvalue weighted by Gasteiger charge is -2.09. The van der Waals surface area contributed by atoms with E-state index in [1.807, 2.05) is 30.3 Å². The first-order chi connectivity index (χ1) is 9.44. The van der Waals surface area contributed by atoms with Crippen molar-refractivity contribution in [3.63, 3.8) is 0 Å². The third-order valence-electron chi connectivity index (χ3n) is 2.62. The normalized spacial score (nSPS) is 11.2. The molecule has 0 aliphatic heterocycles. The summed E-state index contributed by atoms with van der Waals surface area (Å²) in [6.45, 7) is 0. The number of carbonyl (C=O) groups is 1. The molecule has 0 fully saturated rings. The highest BCUT2D eigenvalue weighted by atomic mass is 19.4. The van der Waals surface area contributed by atoms with E-state index >= 15 is 0 Å². The lowest BCUT2D eigenvalue weighted by Crippen LogP contribution is -2.17. The second-order valence-corrected chi connectivity index (χ2v) is 4.16. The Morgan fingerprint density at radius 1 is 0.950 bits per heavy atom. The van der Waals surface area contributed by atoms with Gasteiger partial charge in [0.15, 0.2) is 5.78 Å². The second kappa shape index (κ2) is 5.77. The van der Waals surface area contributed by atoms with Crippen LogP contribution in [0.5, 0.6) is 5.75 Å². The minimum Gasteiger partial charge on any atom is -0.406 e. The predicted octanol–water partition coefficient (Wildman–Crippen LogP) is 4.01. The average molecular weight is 280 g/mol. The molecule has 0 aliphatic carbocycles. The molecule has 0 bridgehead atoms. The van der Waals surface area contributed by atoms with Gasteiger partial charge in [-0.2, -0.15) is 0 Å². The van der Waals surface area contributed by atoms with Crippen molar-refractivity contribution in [1.29, 1.82) is 0 Å². The van der Waals surface area contributed by atoms with Gasteiger partial charge in [-0.15, -0.1) is 13.2 Å². The van der Waals surface area contributed by atoms with E-state index in [1.165, 1.54) is 12.1 Å². The molecule has 2 aromatic rings. The van der Waals surface area contributed by atoms with Gasteiger partial charge < -0.3 is 4.74 Å². The van der Waals surface area contributed by atoms with Gasteiger partial charge in [0.2, 0.25) is 0 Å². The van der Waals surface area contributed by atoms with Crippen LogP contribution in [0, 0.1) is 0 Å². The van der Waals surface area contributed by atoms with Crippen molar-refractivity contribution in [3.8, 4) is 5.75 Å². The van der Waals surface area contributed by atoms with Crippen molar-refractivity contribution in [2.45, 2.75) is 12.8 Å². The zero-order chi connectivity index (χ0) is 14.6. The summed E-state index contributed by atoms with van der Waals surface area (Å²) >= 11 is 0. The van der Waals surface area contributed by atoms with Crippen LogP contribution in [0.15, 0.2) is 54.6 Å². The summed E-state index contributed by atoms with van der Waals surface area (Å²) in [5.41, 5.74) is 1.21. The van der Waals surface area contributed by atoms with Gasteiger partial charge in [-0.1, -0.05) is 30.3 Å². The van der Waals surface area contributed by atoms with Gasteiger partial charge in [-0.25, -0.2) is 0 Å². The van der Waals surface area contributed by atoms with Gasteiger partial charge in [-0.3, -0.25) is 4.79 Å². The van der Waals surface area contributed by atoms with Crippen LogP contribution in [0.3, 0.4) is 0 Å². The molecule has 0 aromatic heterocycles. The molecule has 5 heteroatoms. The molecular weight excluding hydrogens is 269 g/mol. The number of hydrogen-bond donors (Lipinski definition) is 0. The molecular formula is C15H11F3O2. The molecule has 0 saturated heterocycles. The van der Waals surface area contributed by atoms with Gasteiger partial charge in [0.25, 0.3) is 0 Å². The predicted molar refractivity (Wildman–Crippen MR) is 67.6 cm³/mol. The van der Waals surface area contributed by atoms with Crippen molar-refractivity contribution in [3.05, 3.63) is 65.7 Å². The SMILES string of the molecule is O=C(Cc1ccccc1)c1ccc(OC(F)(F)F)cc1. The van der Waals surface area contributed by atoms with E-state index in [2.05, 4.69) is 4.74 Å². The summed E-state index contributed by atoms with van der Waals surface area (Å²) in [4.78, 5) is 11.9. The number of carbonyl (C=O) groups excluding carboxylic acids is 1. The zero-order valence-electron chi connectivity index (χ0n) is 10.4. The summed E-state index contributed by atoms with van der Waals surface area (Å²) in [6.07, 6.45) is -4.52. The number of alkyl halides is 3. The van der Waals surface area contributed by atoms with Gasteiger partial charge in [0.05, 0.1) is 0 Å². The Balaban J connectivity index is 2.04. The number of halogens is 3. The molecule has 2 nitrogen and oxygen atoms in total. The molecule has 0 saturated carbocycles. The average Bonchev–Trinajstić information content (AvgIpc) is 2.39. The topological polar surface area (TPSA) is 26.3 Å². The third kappa shape index (κ3) is 4.12. The van der Waals surface area contributed by atoms with Gasteiger partial charge >= 0.3 is 6.36 Å². The first-order valence-corrected chi connectivity index (χ1v) is 5.87. The Morgan fingerprint density at radius 2 is 1.55 bits per heavy atom. The van der Waals surface area contributed by atoms with Crippen LogP contribution in [-0.2, 0) is 6.42 Å². The van der Waals surface area contributed by atoms with Crippen molar-refractivity contribution in [2.75, 3.05) is 0 Å². The van der Waals surface area contributed by atoms with Crippen molar-refractivity contribution in [1.82, 2.24) is 0 Å². The van der Waals surface area contributed by atoms with Crippen LogP contribution >= 0.6 is 0 Å². The van der Waals surface area contributed by atoms with Gasteiger partial charge in [-0.05, 0) is 29.8 Å². The van der Waals surface area contributed by atoms with E-state index in [4.69, 9.17) is 0 Å². The largest absolute Gasteiger partial charge is 0.573 e. The Labute approximate surface area is 113 Å². The highest BCUT2D eigenvalue weighted by Crippen LogP contribution is 2.23. The van der Waals surface area contributed by atoms with Gasteiger partial charge in [0.1, 0.15) is 5.75 Å². The Morgan fingerprint density at radius 3 is 2.10 bits per heavy atom.